The molecule has 0 atom stereocenters. The molecule has 2 rings (SSSR count). The number of nitrogens with one attached hydrogen (secondary N) is 1. The fraction of sp³-hybridized carbons (Fsp3) is 0.462. The van der Waals surface area contributed by atoms with E-state index in [0.29, 0.717) is 12.8 Å². The summed E-state index contributed by atoms with van der Waals surface area (Å²) in [6.45, 7) is 0. The maximum atomic E-state index is 13.6. The van der Waals surface area contributed by atoms with E-state index < -0.39 is 27.3 Å². The molecule has 21 heavy (non-hydrogen) atoms. The number of halogens is 1. The van der Waals surface area contributed by atoms with Gasteiger partial charge in [0.05, 0.1) is 18.4 Å². The highest BCUT2D eigenvalue weighted by molar-refractivity contribution is 7.89. The Morgan fingerprint density at radius 2 is 2.14 bits per heavy atom. The molecule has 6 nitrogen and oxygen atoms in total. The van der Waals surface area contributed by atoms with Crippen LogP contribution in [0.4, 0.5) is 4.39 Å². The summed E-state index contributed by atoms with van der Waals surface area (Å²) in [6, 6.07) is 3.29. The summed E-state index contributed by atoms with van der Waals surface area (Å²) in [5, 5.41) is 8.88. The smallest absolute Gasteiger partial charge is 0.305 e. The monoisotopic (exact) mass is 317 g/mol. The Morgan fingerprint density at radius 1 is 1.48 bits per heavy atom. The third-order valence-corrected chi connectivity index (χ3v) is 5.16. The topological polar surface area (TPSA) is 92.7 Å². The number of carboxylic acids is 1. The lowest BCUT2D eigenvalue weighted by molar-refractivity contribution is -0.139. The van der Waals surface area contributed by atoms with Crippen molar-refractivity contribution in [1.29, 1.82) is 0 Å². The first-order chi connectivity index (χ1) is 9.78. The molecule has 0 heterocycles. The highest BCUT2D eigenvalue weighted by Gasteiger charge is 2.42. The predicted molar refractivity (Wildman–Crippen MR) is 72.1 cm³/mol. The van der Waals surface area contributed by atoms with Gasteiger partial charge in [-0.15, -0.1) is 0 Å². The summed E-state index contributed by atoms with van der Waals surface area (Å²) in [6.07, 6.45) is 1.38. The van der Waals surface area contributed by atoms with E-state index in [-0.39, 0.29) is 17.1 Å². The standard InChI is InChI=1S/C13H16FNO5S/c1-20-11-4-3-9(7-10(11)14)21(18,19)15-13(5-2-6-13)8-12(16)17/h3-4,7,15H,2,5-6,8H2,1H3,(H,16,17). The largest absolute Gasteiger partial charge is 0.494 e. The van der Waals surface area contributed by atoms with Crippen LogP contribution in [0.1, 0.15) is 25.7 Å². The molecule has 1 fully saturated rings. The van der Waals surface area contributed by atoms with Crippen LogP contribution < -0.4 is 9.46 Å². The van der Waals surface area contributed by atoms with Gasteiger partial charge in [0.1, 0.15) is 0 Å². The van der Waals surface area contributed by atoms with Crippen LogP contribution in [-0.4, -0.2) is 32.1 Å². The van der Waals surface area contributed by atoms with Crippen molar-refractivity contribution in [3.05, 3.63) is 24.0 Å². The van der Waals surface area contributed by atoms with Crippen molar-refractivity contribution >= 4 is 16.0 Å². The van der Waals surface area contributed by atoms with Gasteiger partial charge in [-0.2, -0.15) is 0 Å². The SMILES string of the molecule is COc1ccc(S(=O)(=O)NC2(CC(=O)O)CCC2)cc1F. The number of hydrogen-bond donors (Lipinski definition) is 2. The average molecular weight is 317 g/mol. The molecule has 2 N–H and O–H groups in total. The van der Waals surface area contributed by atoms with Crippen LogP contribution in [0.2, 0.25) is 0 Å². The molecule has 116 valence electrons. The molecule has 8 heteroatoms. The second-order valence-corrected chi connectivity index (χ2v) is 6.79. The molecule has 0 aromatic heterocycles. The third-order valence-electron chi connectivity index (χ3n) is 3.58. The van der Waals surface area contributed by atoms with Gasteiger partial charge >= 0.3 is 5.97 Å². The molecule has 0 aliphatic heterocycles. The molecule has 1 aliphatic carbocycles. The first-order valence-corrected chi connectivity index (χ1v) is 7.86. The van der Waals surface area contributed by atoms with Crippen LogP contribution in [0.25, 0.3) is 0 Å². The minimum absolute atomic E-state index is 0.0576. The van der Waals surface area contributed by atoms with E-state index in [1.54, 1.807) is 0 Å². The molecule has 0 radical (unpaired) electrons. The first kappa shape index (κ1) is 15.7. The van der Waals surface area contributed by atoms with Gasteiger partial charge in [0, 0.05) is 5.54 Å². The molecule has 1 saturated carbocycles. The van der Waals surface area contributed by atoms with E-state index in [4.69, 9.17) is 9.84 Å². The van der Waals surface area contributed by atoms with Crippen LogP contribution in [-0.2, 0) is 14.8 Å². The normalized spacial score (nSPS) is 17.0. The summed E-state index contributed by atoms with van der Waals surface area (Å²) in [4.78, 5) is 10.6. The molecule has 0 saturated heterocycles. The fourth-order valence-corrected chi connectivity index (χ4v) is 3.84. The number of carboxylic acid groups (broad SMARTS) is 1. The molecule has 1 aromatic carbocycles. The zero-order valence-corrected chi connectivity index (χ0v) is 12.2. The molecule has 0 spiro atoms. The summed E-state index contributed by atoms with van der Waals surface area (Å²) in [5.41, 5.74) is -0.971. The van der Waals surface area contributed by atoms with Crippen molar-refractivity contribution in [3.8, 4) is 5.75 Å². The molecule has 0 amide bonds. The van der Waals surface area contributed by atoms with Gasteiger partial charge in [-0.3, -0.25) is 4.79 Å². The zero-order chi connectivity index (χ0) is 15.7. The van der Waals surface area contributed by atoms with E-state index in [2.05, 4.69) is 4.72 Å². The number of sulfonamides is 1. The Labute approximate surface area is 122 Å². The second kappa shape index (κ2) is 5.61. The maximum absolute atomic E-state index is 13.6. The number of benzene rings is 1. The molecular weight excluding hydrogens is 301 g/mol. The summed E-state index contributed by atoms with van der Waals surface area (Å²) >= 11 is 0. The van der Waals surface area contributed by atoms with Crippen molar-refractivity contribution < 1.29 is 27.4 Å². The van der Waals surface area contributed by atoms with Gasteiger partial charge in [0.25, 0.3) is 0 Å². The van der Waals surface area contributed by atoms with Crippen molar-refractivity contribution in [2.75, 3.05) is 7.11 Å². The van der Waals surface area contributed by atoms with Crippen LogP contribution in [0.5, 0.6) is 5.75 Å². The van der Waals surface area contributed by atoms with Crippen LogP contribution in [0.15, 0.2) is 23.1 Å². The number of aliphatic carboxylic acids is 1. The van der Waals surface area contributed by atoms with E-state index in [1.807, 2.05) is 0 Å². The van der Waals surface area contributed by atoms with Gasteiger partial charge in [-0.1, -0.05) is 0 Å². The third kappa shape index (κ3) is 3.33. The number of hydrogen-bond acceptors (Lipinski definition) is 4. The Hall–Kier alpha value is -1.67. The summed E-state index contributed by atoms with van der Waals surface area (Å²) in [7, 11) is -2.70. The first-order valence-electron chi connectivity index (χ1n) is 6.37. The van der Waals surface area contributed by atoms with Gasteiger partial charge in [-0.25, -0.2) is 17.5 Å². The van der Waals surface area contributed by atoms with E-state index in [0.717, 1.165) is 12.5 Å². The fourth-order valence-electron chi connectivity index (χ4n) is 2.37. The van der Waals surface area contributed by atoms with Crippen molar-refractivity contribution in [2.24, 2.45) is 0 Å². The molecule has 0 unspecified atom stereocenters. The Bertz CT molecular complexity index is 655. The molecule has 1 aliphatic rings. The zero-order valence-electron chi connectivity index (χ0n) is 11.4. The maximum Gasteiger partial charge on any atom is 0.305 e. The van der Waals surface area contributed by atoms with Gasteiger partial charge in [0.2, 0.25) is 10.0 Å². The Morgan fingerprint density at radius 3 is 2.57 bits per heavy atom. The van der Waals surface area contributed by atoms with Crippen molar-refractivity contribution in [3.63, 3.8) is 0 Å². The quantitative estimate of drug-likeness (QED) is 0.829. The minimum Gasteiger partial charge on any atom is -0.494 e. The number of methoxy groups -OCH3 is 1. The lowest BCUT2D eigenvalue weighted by Gasteiger charge is -2.40. The predicted octanol–water partition coefficient (Wildman–Crippen LogP) is 1.51. The van der Waals surface area contributed by atoms with E-state index >= 15 is 0 Å². The van der Waals surface area contributed by atoms with Crippen LogP contribution in [0, 0.1) is 5.82 Å². The van der Waals surface area contributed by atoms with E-state index in [9.17, 15) is 17.6 Å². The Balaban J connectivity index is 2.25. The minimum atomic E-state index is -3.98. The number of rotatable bonds is 6. The van der Waals surface area contributed by atoms with Gasteiger partial charge < -0.3 is 9.84 Å². The van der Waals surface area contributed by atoms with Crippen LogP contribution >= 0.6 is 0 Å². The van der Waals surface area contributed by atoms with Gasteiger partial charge in [-0.05, 0) is 37.5 Å². The number of carbonyl (C=O) groups is 1. The summed E-state index contributed by atoms with van der Waals surface area (Å²) < 4.78 is 45.3. The van der Waals surface area contributed by atoms with Crippen molar-refractivity contribution in [1.82, 2.24) is 4.72 Å². The summed E-state index contributed by atoms with van der Waals surface area (Å²) in [5.74, 6) is -1.92. The average Bonchev–Trinajstić information content (AvgIpc) is 2.35. The van der Waals surface area contributed by atoms with Crippen molar-refractivity contribution in [2.45, 2.75) is 36.1 Å². The lowest BCUT2D eigenvalue weighted by Crippen LogP contribution is -2.54. The number of ether oxygens (including phenoxy) is 1. The van der Waals surface area contributed by atoms with Gasteiger partial charge in [0.15, 0.2) is 11.6 Å². The van der Waals surface area contributed by atoms with E-state index in [1.165, 1.54) is 19.2 Å². The van der Waals surface area contributed by atoms with Crippen LogP contribution in [0.3, 0.4) is 0 Å². The highest BCUT2D eigenvalue weighted by atomic mass is 32.2. The Kier molecular flexibility index (Phi) is 4.20. The lowest BCUT2D eigenvalue weighted by atomic mass is 9.75. The molecular formula is C13H16FNO5S. The molecule has 1 aromatic rings. The molecule has 0 bridgehead atoms. The highest BCUT2D eigenvalue weighted by Crippen LogP contribution is 2.36. The second-order valence-electron chi connectivity index (χ2n) is 5.11.